The van der Waals surface area contributed by atoms with E-state index >= 15 is 0 Å². The summed E-state index contributed by atoms with van der Waals surface area (Å²) < 4.78 is 0. The highest BCUT2D eigenvalue weighted by Crippen LogP contribution is 2.20. The van der Waals surface area contributed by atoms with Crippen molar-refractivity contribution in [3.05, 3.63) is 29.8 Å². The molecule has 0 spiro atoms. The maximum atomic E-state index is 12.0. The topological polar surface area (TPSA) is 108 Å². The lowest BCUT2D eigenvalue weighted by atomic mass is 10.2. The van der Waals surface area contributed by atoms with Gasteiger partial charge >= 0.3 is 6.03 Å². The maximum Gasteiger partial charge on any atom is 0.324 e. The van der Waals surface area contributed by atoms with Crippen LogP contribution in [0.25, 0.3) is 0 Å². The first-order chi connectivity index (χ1) is 12.0. The summed E-state index contributed by atoms with van der Waals surface area (Å²) in [6.07, 6.45) is 2.59. The van der Waals surface area contributed by atoms with Crippen LogP contribution >= 0.6 is 0 Å². The monoisotopic (exact) mass is 344 g/mol. The zero-order chi connectivity index (χ0) is 17.8. The van der Waals surface area contributed by atoms with E-state index < -0.39 is 6.03 Å². The van der Waals surface area contributed by atoms with Crippen LogP contribution in [-0.2, 0) is 9.59 Å². The predicted octanol–water partition coefficient (Wildman–Crippen LogP) is 0.849. The van der Waals surface area contributed by atoms with Crippen molar-refractivity contribution < 1.29 is 19.2 Å². The number of anilines is 1. The molecule has 5 amide bonds. The number of benzene rings is 1. The van der Waals surface area contributed by atoms with Crippen LogP contribution in [-0.4, -0.2) is 47.8 Å². The van der Waals surface area contributed by atoms with Crippen LogP contribution in [0.2, 0.25) is 0 Å². The molecule has 8 heteroatoms. The molecule has 1 saturated heterocycles. The molecule has 1 heterocycles. The molecule has 0 aromatic heterocycles. The van der Waals surface area contributed by atoms with Gasteiger partial charge in [0.25, 0.3) is 5.91 Å². The molecule has 1 saturated carbocycles. The van der Waals surface area contributed by atoms with E-state index in [-0.39, 0.29) is 43.3 Å². The smallest absolute Gasteiger partial charge is 0.324 e. The van der Waals surface area contributed by atoms with Crippen molar-refractivity contribution in [1.82, 2.24) is 15.5 Å². The minimum Gasteiger partial charge on any atom is -0.349 e. The number of rotatable bonds is 7. The molecule has 1 aromatic rings. The summed E-state index contributed by atoms with van der Waals surface area (Å²) in [5.41, 5.74) is 1.05. The molecule has 1 aromatic carbocycles. The number of urea groups is 1. The normalized spacial score (nSPS) is 16.6. The summed E-state index contributed by atoms with van der Waals surface area (Å²) in [6.45, 7) is 0.225. The standard InChI is InChI=1S/C17H20N4O4/c22-14(5-2-8-21-15(23)10-18-17(21)25)19-13-4-1-3-11(9-13)16(24)20-12-6-7-12/h1,3-4,9,12H,2,5-8,10H2,(H,18,25)(H,19,22)(H,20,24). The fourth-order valence-corrected chi connectivity index (χ4v) is 2.54. The summed E-state index contributed by atoms with van der Waals surface area (Å²) in [7, 11) is 0. The fraction of sp³-hybridized carbons (Fsp3) is 0.412. The molecular weight excluding hydrogens is 324 g/mol. The molecule has 0 bridgehead atoms. The first-order valence-electron chi connectivity index (χ1n) is 8.32. The largest absolute Gasteiger partial charge is 0.349 e. The van der Waals surface area contributed by atoms with Gasteiger partial charge in [0.2, 0.25) is 11.8 Å². The van der Waals surface area contributed by atoms with E-state index in [1.807, 2.05) is 0 Å². The van der Waals surface area contributed by atoms with Crippen LogP contribution in [0.15, 0.2) is 24.3 Å². The quantitative estimate of drug-likeness (QED) is 0.637. The molecule has 3 rings (SSSR count). The van der Waals surface area contributed by atoms with Crippen molar-refractivity contribution in [1.29, 1.82) is 0 Å². The summed E-state index contributed by atoms with van der Waals surface area (Å²) in [6, 6.07) is 6.61. The van der Waals surface area contributed by atoms with Gasteiger partial charge in [-0.15, -0.1) is 0 Å². The summed E-state index contributed by atoms with van der Waals surface area (Å²) in [5.74, 6) is -0.649. The highest BCUT2D eigenvalue weighted by atomic mass is 16.2. The molecule has 1 aliphatic carbocycles. The second kappa shape index (κ2) is 7.33. The number of nitrogens with one attached hydrogen (secondary N) is 3. The number of carbonyl (C=O) groups excluding carboxylic acids is 4. The Balaban J connectivity index is 1.46. The van der Waals surface area contributed by atoms with Crippen LogP contribution in [0.5, 0.6) is 0 Å². The van der Waals surface area contributed by atoms with Crippen molar-refractivity contribution in [3.8, 4) is 0 Å². The van der Waals surface area contributed by atoms with Gasteiger partial charge in [-0.3, -0.25) is 19.3 Å². The van der Waals surface area contributed by atoms with Gasteiger partial charge in [0.1, 0.15) is 0 Å². The number of amides is 5. The van der Waals surface area contributed by atoms with E-state index in [1.165, 1.54) is 0 Å². The third-order valence-corrected chi connectivity index (χ3v) is 4.04. The van der Waals surface area contributed by atoms with E-state index in [2.05, 4.69) is 16.0 Å². The molecule has 2 aliphatic rings. The van der Waals surface area contributed by atoms with Crippen LogP contribution in [0, 0.1) is 0 Å². The SMILES string of the molecule is O=C(CCCN1C(=O)CNC1=O)Nc1cccc(C(=O)NC2CC2)c1. The van der Waals surface area contributed by atoms with Gasteiger partial charge in [0, 0.05) is 30.3 Å². The lowest BCUT2D eigenvalue weighted by Gasteiger charge is -2.12. The Morgan fingerprint density at radius 2 is 2.04 bits per heavy atom. The van der Waals surface area contributed by atoms with Crippen LogP contribution in [0.3, 0.4) is 0 Å². The molecule has 25 heavy (non-hydrogen) atoms. The van der Waals surface area contributed by atoms with Crippen LogP contribution < -0.4 is 16.0 Å². The highest BCUT2D eigenvalue weighted by Gasteiger charge is 2.27. The predicted molar refractivity (Wildman–Crippen MR) is 89.9 cm³/mol. The Hall–Kier alpha value is -2.90. The molecule has 132 valence electrons. The van der Waals surface area contributed by atoms with Gasteiger partial charge in [-0.1, -0.05) is 6.07 Å². The van der Waals surface area contributed by atoms with E-state index in [1.54, 1.807) is 24.3 Å². The highest BCUT2D eigenvalue weighted by molar-refractivity contribution is 6.02. The lowest BCUT2D eigenvalue weighted by molar-refractivity contribution is -0.125. The molecule has 0 atom stereocenters. The van der Waals surface area contributed by atoms with Gasteiger partial charge in [-0.2, -0.15) is 0 Å². The summed E-state index contributed by atoms with van der Waals surface area (Å²) in [5, 5.41) is 8.06. The van der Waals surface area contributed by atoms with E-state index in [9.17, 15) is 19.2 Å². The number of carbonyl (C=O) groups is 4. The van der Waals surface area contributed by atoms with Crippen LogP contribution in [0.4, 0.5) is 10.5 Å². The van der Waals surface area contributed by atoms with Crippen molar-refractivity contribution in [3.63, 3.8) is 0 Å². The van der Waals surface area contributed by atoms with E-state index in [0.717, 1.165) is 17.7 Å². The third-order valence-electron chi connectivity index (χ3n) is 4.04. The second-order valence-corrected chi connectivity index (χ2v) is 6.18. The van der Waals surface area contributed by atoms with Gasteiger partial charge in [0.15, 0.2) is 0 Å². The van der Waals surface area contributed by atoms with Gasteiger partial charge in [0.05, 0.1) is 6.54 Å². The van der Waals surface area contributed by atoms with E-state index in [0.29, 0.717) is 17.7 Å². The molecule has 2 fully saturated rings. The average Bonchev–Trinajstić information content (AvgIpc) is 3.34. The van der Waals surface area contributed by atoms with Gasteiger partial charge in [-0.25, -0.2) is 4.79 Å². The Morgan fingerprint density at radius 1 is 1.24 bits per heavy atom. The molecule has 0 unspecified atom stereocenters. The summed E-state index contributed by atoms with van der Waals surface area (Å²) >= 11 is 0. The number of nitrogens with zero attached hydrogens (tertiary/aromatic N) is 1. The van der Waals surface area contributed by atoms with Crippen molar-refractivity contribution in [2.75, 3.05) is 18.4 Å². The molecular formula is C17H20N4O4. The van der Waals surface area contributed by atoms with Crippen molar-refractivity contribution >= 4 is 29.4 Å². The fourth-order valence-electron chi connectivity index (χ4n) is 2.54. The molecule has 3 N–H and O–H groups in total. The molecule has 1 aliphatic heterocycles. The lowest BCUT2D eigenvalue weighted by Crippen LogP contribution is -2.32. The van der Waals surface area contributed by atoms with Gasteiger partial charge < -0.3 is 16.0 Å². The first kappa shape index (κ1) is 16.9. The number of hydrogen-bond acceptors (Lipinski definition) is 4. The van der Waals surface area contributed by atoms with E-state index in [4.69, 9.17) is 0 Å². The Labute approximate surface area is 144 Å². The summed E-state index contributed by atoms with van der Waals surface area (Å²) in [4.78, 5) is 48.0. The van der Waals surface area contributed by atoms with Crippen molar-refractivity contribution in [2.45, 2.75) is 31.7 Å². The number of imide groups is 1. The Kier molecular flexibility index (Phi) is 4.97. The van der Waals surface area contributed by atoms with Crippen molar-refractivity contribution in [2.24, 2.45) is 0 Å². The van der Waals surface area contributed by atoms with Crippen LogP contribution in [0.1, 0.15) is 36.0 Å². The zero-order valence-corrected chi connectivity index (χ0v) is 13.7. The minimum atomic E-state index is -0.417. The average molecular weight is 344 g/mol. The Morgan fingerprint density at radius 3 is 2.72 bits per heavy atom. The first-order valence-corrected chi connectivity index (χ1v) is 8.32. The number of hydrogen-bond donors (Lipinski definition) is 3. The Bertz CT molecular complexity index is 698. The third kappa shape index (κ3) is 4.56. The van der Waals surface area contributed by atoms with Gasteiger partial charge in [-0.05, 0) is 37.5 Å². The molecule has 0 radical (unpaired) electrons. The zero-order valence-electron chi connectivity index (χ0n) is 13.7. The minimum absolute atomic E-state index is 0.0146. The second-order valence-electron chi connectivity index (χ2n) is 6.18. The molecule has 8 nitrogen and oxygen atoms in total. The maximum absolute atomic E-state index is 12.0.